The summed E-state index contributed by atoms with van der Waals surface area (Å²) in [6, 6.07) is 0. The van der Waals surface area contributed by atoms with E-state index in [0.717, 1.165) is 0 Å². The van der Waals surface area contributed by atoms with E-state index in [0.29, 0.717) is 6.54 Å². The molecule has 0 saturated heterocycles. The molecule has 0 aromatic carbocycles. The van der Waals surface area contributed by atoms with E-state index < -0.39 is 4.84 Å². The number of alkyl halides is 2. The van der Waals surface area contributed by atoms with Gasteiger partial charge in [-0.1, -0.05) is 0 Å². The van der Waals surface area contributed by atoms with Crippen LogP contribution in [0.4, 0.5) is 0 Å². The van der Waals surface area contributed by atoms with Gasteiger partial charge < -0.3 is 11.1 Å². The summed E-state index contributed by atoms with van der Waals surface area (Å²) >= 11 is 10.5. The molecule has 4 N–H and O–H groups in total. The van der Waals surface area contributed by atoms with Crippen molar-refractivity contribution in [3.8, 4) is 0 Å². The van der Waals surface area contributed by atoms with Crippen LogP contribution in [-0.2, 0) is 0 Å². The predicted molar refractivity (Wildman–Crippen MR) is 35.4 cm³/mol. The summed E-state index contributed by atoms with van der Waals surface area (Å²) in [5, 5.41) is 9.08. The molecule has 0 amide bonds. The molecule has 0 saturated carbocycles. The average Bonchev–Trinajstić information content (AvgIpc) is 1.61. The molecule has 0 heterocycles. The topological polar surface area (TPSA) is 61.9 Å². The molecule has 48 valence electrons. The molecule has 0 unspecified atom stereocenters. The Hall–Kier alpha value is -0.150. The first kappa shape index (κ1) is 7.85. The highest BCUT2D eigenvalue weighted by Gasteiger charge is 1.95. The highest BCUT2D eigenvalue weighted by molar-refractivity contribution is 6.44. The highest BCUT2D eigenvalue weighted by Crippen LogP contribution is 1.96. The van der Waals surface area contributed by atoms with Crippen LogP contribution in [-0.4, -0.2) is 17.3 Å². The number of guanidine groups is 1. The van der Waals surface area contributed by atoms with Gasteiger partial charge in [0.15, 0.2) is 5.96 Å². The maximum absolute atomic E-state index is 6.64. The molecule has 0 aliphatic carbocycles. The molecule has 0 fully saturated rings. The zero-order valence-electron chi connectivity index (χ0n) is 4.12. The lowest BCUT2D eigenvalue weighted by molar-refractivity contribution is 0.920. The van der Waals surface area contributed by atoms with E-state index in [9.17, 15) is 0 Å². The average molecular weight is 156 g/mol. The first-order valence-electron chi connectivity index (χ1n) is 1.99. The molecular weight excluding hydrogens is 149 g/mol. The van der Waals surface area contributed by atoms with E-state index in [1.807, 2.05) is 0 Å². The second kappa shape index (κ2) is 3.80. The normalized spacial score (nSPS) is 9.38. The van der Waals surface area contributed by atoms with E-state index in [1.54, 1.807) is 0 Å². The zero-order valence-corrected chi connectivity index (χ0v) is 5.63. The number of rotatable bonds is 2. The number of hydrogen-bond acceptors (Lipinski definition) is 1. The number of nitrogens with two attached hydrogens (primary N) is 1. The minimum Gasteiger partial charge on any atom is -0.370 e. The molecule has 5 heteroatoms. The lowest BCUT2D eigenvalue weighted by atomic mass is 10.7. The van der Waals surface area contributed by atoms with Gasteiger partial charge in [0.25, 0.3) is 0 Å². The van der Waals surface area contributed by atoms with Crippen molar-refractivity contribution < 1.29 is 0 Å². The first-order chi connectivity index (χ1) is 3.63. The Morgan fingerprint density at radius 2 is 2.25 bits per heavy atom. The molecule has 0 radical (unpaired) electrons. The molecule has 0 aliphatic rings. The fourth-order valence-corrected chi connectivity index (χ4v) is 0.341. The fraction of sp³-hybridized carbons (Fsp3) is 0.667. The van der Waals surface area contributed by atoms with Gasteiger partial charge >= 0.3 is 0 Å². The van der Waals surface area contributed by atoms with Crippen molar-refractivity contribution in [3.63, 3.8) is 0 Å². The summed E-state index contributed by atoms with van der Waals surface area (Å²) in [5.74, 6) is -0.115. The Labute approximate surface area is 57.7 Å². The van der Waals surface area contributed by atoms with Gasteiger partial charge in [-0.2, -0.15) is 0 Å². The van der Waals surface area contributed by atoms with E-state index in [4.69, 9.17) is 34.3 Å². The minimum absolute atomic E-state index is 0.115. The standard InChI is InChI=1S/C3H7Cl2N3/c4-2(5)1-8-3(6)7/h2H,1H2,(H4,6,7,8). The van der Waals surface area contributed by atoms with Crippen LogP contribution in [0.25, 0.3) is 0 Å². The van der Waals surface area contributed by atoms with Crippen molar-refractivity contribution in [2.75, 3.05) is 6.54 Å². The third-order valence-electron chi connectivity index (χ3n) is 0.447. The van der Waals surface area contributed by atoms with Crippen LogP contribution >= 0.6 is 23.2 Å². The number of halogens is 2. The Balaban J connectivity index is 3.05. The molecule has 0 atom stereocenters. The smallest absolute Gasteiger partial charge is 0.185 e. The van der Waals surface area contributed by atoms with Crippen molar-refractivity contribution >= 4 is 29.2 Å². The Morgan fingerprint density at radius 3 is 2.38 bits per heavy atom. The van der Waals surface area contributed by atoms with Gasteiger partial charge in [0, 0.05) is 6.54 Å². The number of nitrogens with one attached hydrogen (secondary N) is 2. The summed E-state index contributed by atoms with van der Waals surface area (Å²) < 4.78 is 0. The van der Waals surface area contributed by atoms with Crippen LogP contribution in [0.3, 0.4) is 0 Å². The molecule has 0 bridgehead atoms. The lowest BCUT2D eigenvalue weighted by Crippen LogP contribution is -2.33. The molecule has 0 aliphatic heterocycles. The third kappa shape index (κ3) is 5.85. The van der Waals surface area contributed by atoms with Crippen LogP contribution < -0.4 is 11.1 Å². The maximum atomic E-state index is 6.64. The monoisotopic (exact) mass is 155 g/mol. The predicted octanol–water partition coefficient (Wildman–Crippen LogP) is 0.273. The van der Waals surface area contributed by atoms with Crippen molar-refractivity contribution in [1.29, 1.82) is 5.41 Å². The van der Waals surface area contributed by atoms with Gasteiger partial charge in [0.2, 0.25) is 0 Å². The second-order valence-electron chi connectivity index (χ2n) is 1.19. The van der Waals surface area contributed by atoms with Crippen LogP contribution in [0.1, 0.15) is 0 Å². The van der Waals surface area contributed by atoms with Gasteiger partial charge in [-0.15, -0.1) is 23.2 Å². The molecule has 0 spiro atoms. The molecule has 8 heavy (non-hydrogen) atoms. The summed E-state index contributed by atoms with van der Waals surface area (Å²) in [6.45, 7) is 0.318. The van der Waals surface area contributed by atoms with Gasteiger partial charge in [-0.05, 0) is 0 Å². The lowest BCUT2D eigenvalue weighted by Gasteiger charge is -2.01. The van der Waals surface area contributed by atoms with E-state index in [2.05, 4.69) is 5.32 Å². The van der Waals surface area contributed by atoms with Crippen LogP contribution in [0.5, 0.6) is 0 Å². The fourth-order valence-electron chi connectivity index (χ4n) is 0.187. The quantitative estimate of drug-likeness (QED) is 0.305. The SMILES string of the molecule is N=C(N)NCC(Cl)Cl. The maximum Gasteiger partial charge on any atom is 0.185 e. The third-order valence-corrected chi connectivity index (χ3v) is 0.755. The zero-order chi connectivity index (χ0) is 6.57. The van der Waals surface area contributed by atoms with Crippen molar-refractivity contribution in [2.24, 2.45) is 5.73 Å². The highest BCUT2D eigenvalue weighted by atomic mass is 35.5. The van der Waals surface area contributed by atoms with Crippen LogP contribution in [0, 0.1) is 5.41 Å². The Kier molecular flexibility index (Phi) is 3.73. The minimum atomic E-state index is -0.501. The molecule has 0 aromatic heterocycles. The Bertz CT molecular complexity index is 82.6. The van der Waals surface area contributed by atoms with E-state index >= 15 is 0 Å². The summed E-state index contributed by atoms with van der Waals surface area (Å²) in [6.07, 6.45) is 0. The van der Waals surface area contributed by atoms with Crippen LogP contribution in [0.15, 0.2) is 0 Å². The van der Waals surface area contributed by atoms with Crippen molar-refractivity contribution in [1.82, 2.24) is 5.32 Å². The van der Waals surface area contributed by atoms with Gasteiger partial charge in [-0.3, -0.25) is 5.41 Å². The van der Waals surface area contributed by atoms with Gasteiger partial charge in [-0.25, -0.2) is 0 Å². The molecular formula is C3H7Cl2N3. The van der Waals surface area contributed by atoms with Gasteiger partial charge in [0.1, 0.15) is 4.84 Å². The number of hydrogen-bond donors (Lipinski definition) is 3. The first-order valence-corrected chi connectivity index (χ1v) is 2.86. The van der Waals surface area contributed by atoms with E-state index in [-0.39, 0.29) is 5.96 Å². The summed E-state index contributed by atoms with van der Waals surface area (Å²) in [4.78, 5) is -0.501. The van der Waals surface area contributed by atoms with Crippen molar-refractivity contribution in [3.05, 3.63) is 0 Å². The molecule has 0 aromatic rings. The van der Waals surface area contributed by atoms with Gasteiger partial charge in [0.05, 0.1) is 0 Å². The molecule has 0 rings (SSSR count). The largest absolute Gasteiger partial charge is 0.370 e. The van der Waals surface area contributed by atoms with E-state index in [1.165, 1.54) is 0 Å². The van der Waals surface area contributed by atoms with Crippen LogP contribution in [0.2, 0.25) is 0 Å². The summed E-state index contributed by atoms with van der Waals surface area (Å²) in [7, 11) is 0. The second-order valence-corrected chi connectivity index (χ2v) is 2.46. The van der Waals surface area contributed by atoms with Crippen molar-refractivity contribution in [2.45, 2.75) is 4.84 Å². The Morgan fingerprint density at radius 1 is 1.75 bits per heavy atom. The molecule has 3 nitrogen and oxygen atoms in total. The summed E-state index contributed by atoms with van der Waals surface area (Å²) in [5.41, 5.74) is 4.90.